The summed E-state index contributed by atoms with van der Waals surface area (Å²) in [6, 6.07) is 5.29. The van der Waals surface area contributed by atoms with Gasteiger partial charge in [0.05, 0.1) is 11.9 Å². The van der Waals surface area contributed by atoms with Crippen LogP contribution < -0.4 is 10.2 Å². The van der Waals surface area contributed by atoms with E-state index in [4.69, 9.17) is 11.6 Å². The fourth-order valence-corrected chi connectivity index (χ4v) is 3.04. The topological polar surface area (TPSA) is 28.2 Å². The lowest BCUT2D eigenvalue weighted by Crippen LogP contribution is -2.38. The molecule has 1 aromatic rings. The number of pyridine rings is 1. The summed E-state index contributed by atoms with van der Waals surface area (Å²) in [6.07, 6.45) is 5.74. The SMILES string of the molecule is Clc1ccc(N2[C@H]3CCNC[C@@H]2CC3)cn1. The van der Waals surface area contributed by atoms with Crippen molar-refractivity contribution < 1.29 is 0 Å². The zero-order valence-corrected chi connectivity index (χ0v) is 9.95. The first-order valence-corrected chi connectivity index (χ1v) is 6.33. The Balaban J connectivity index is 1.90. The maximum Gasteiger partial charge on any atom is 0.129 e. The van der Waals surface area contributed by atoms with Gasteiger partial charge in [-0.05, 0) is 37.9 Å². The van der Waals surface area contributed by atoms with Gasteiger partial charge < -0.3 is 10.2 Å². The van der Waals surface area contributed by atoms with Crippen molar-refractivity contribution in [1.29, 1.82) is 0 Å². The number of anilines is 1. The number of halogens is 1. The minimum absolute atomic E-state index is 0.573. The molecule has 0 aliphatic carbocycles. The molecule has 0 saturated carbocycles. The lowest BCUT2D eigenvalue weighted by atomic mass is 10.1. The Morgan fingerprint density at radius 3 is 2.94 bits per heavy atom. The van der Waals surface area contributed by atoms with Crippen molar-refractivity contribution in [2.24, 2.45) is 0 Å². The molecule has 2 atom stereocenters. The van der Waals surface area contributed by atoms with Gasteiger partial charge in [-0.2, -0.15) is 0 Å². The maximum absolute atomic E-state index is 5.83. The van der Waals surface area contributed by atoms with Gasteiger partial charge in [-0.15, -0.1) is 0 Å². The Morgan fingerprint density at radius 1 is 1.25 bits per heavy atom. The van der Waals surface area contributed by atoms with Crippen LogP contribution in [0.4, 0.5) is 5.69 Å². The van der Waals surface area contributed by atoms with Gasteiger partial charge in [0.2, 0.25) is 0 Å². The minimum atomic E-state index is 0.573. The van der Waals surface area contributed by atoms with E-state index in [2.05, 4.69) is 21.3 Å². The minimum Gasteiger partial charge on any atom is -0.363 e. The van der Waals surface area contributed by atoms with E-state index in [1.54, 1.807) is 0 Å². The molecule has 0 spiro atoms. The normalized spacial score (nSPS) is 29.2. The lowest BCUT2D eigenvalue weighted by molar-refractivity contribution is 0.567. The molecule has 2 bridgehead atoms. The van der Waals surface area contributed by atoms with E-state index in [9.17, 15) is 0 Å². The first kappa shape index (κ1) is 10.4. The van der Waals surface area contributed by atoms with E-state index in [1.807, 2.05) is 12.3 Å². The van der Waals surface area contributed by atoms with Crippen LogP contribution in [0.5, 0.6) is 0 Å². The highest BCUT2D eigenvalue weighted by atomic mass is 35.5. The summed E-state index contributed by atoms with van der Waals surface area (Å²) in [7, 11) is 0. The Morgan fingerprint density at radius 2 is 2.12 bits per heavy atom. The van der Waals surface area contributed by atoms with Crippen molar-refractivity contribution in [3.05, 3.63) is 23.5 Å². The predicted octanol–water partition coefficient (Wildman–Crippen LogP) is 2.07. The number of nitrogens with zero attached hydrogens (tertiary/aromatic N) is 2. The van der Waals surface area contributed by atoms with Crippen LogP contribution in [0.25, 0.3) is 0 Å². The van der Waals surface area contributed by atoms with Crippen molar-refractivity contribution in [3.63, 3.8) is 0 Å². The fraction of sp³-hybridized carbons (Fsp3) is 0.583. The summed E-state index contributed by atoms with van der Waals surface area (Å²) in [6.45, 7) is 2.23. The third-order valence-corrected chi connectivity index (χ3v) is 3.89. The zero-order chi connectivity index (χ0) is 11.0. The summed E-state index contributed by atoms with van der Waals surface area (Å²) in [4.78, 5) is 6.72. The summed E-state index contributed by atoms with van der Waals surface area (Å²) in [5.41, 5.74) is 1.22. The highest BCUT2D eigenvalue weighted by Gasteiger charge is 2.34. The van der Waals surface area contributed by atoms with E-state index in [0.717, 1.165) is 13.1 Å². The molecule has 2 aliphatic rings. The molecule has 16 heavy (non-hydrogen) atoms. The highest BCUT2D eigenvalue weighted by Crippen LogP contribution is 2.33. The molecule has 0 radical (unpaired) electrons. The fourth-order valence-electron chi connectivity index (χ4n) is 2.92. The second-order valence-corrected chi connectivity index (χ2v) is 5.01. The first-order chi connectivity index (χ1) is 7.84. The van der Waals surface area contributed by atoms with Crippen molar-refractivity contribution in [2.75, 3.05) is 18.0 Å². The van der Waals surface area contributed by atoms with Gasteiger partial charge >= 0.3 is 0 Å². The predicted molar refractivity (Wildman–Crippen MR) is 66.0 cm³/mol. The maximum atomic E-state index is 5.83. The Bertz CT molecular complexity index is 351. The number of aromatic nitrogens is 1. The van der Waals surface area contributed by atoms with Crippen molar-refractivity contribution >= 4 is 17.3 Å². The van der Waals surface area contributed by atoms with Crippen LogP contribution >= 0.6 is 11.6 Å². The monoisotopic (exact) mass is 237 g/mol. The molecule has 3 heterocycles. The van der Waals surface area contributed by atoms with Crippen molar-refractivity contribution in [1.82, 2.24) is 10.3 Å². The molecule has 0 aromatic carbocycles. The second kappa shape index (κ2) is 4.22. The molecule has 2 aliphatic heterocycles. The second-order valence-electron chi connectivity index (χ2n) is 4.62. The summed E-state index contributed by atoms with van der Waals surface area (Å²) in [5.74, 6) is 0. The van der Waals surface area contributed by atoms with Crippen LogP contribution in [0, 0.1) is 0 Å². The van der Waals surface area contributed by atoms with Crippen LogP contribution in [-0.4, -0.2) is 30.2 Å². The van der Waals surface area contributed by atoms with Gasteiger partial charge in [-0.1, -0.05) is 11.6 Å². The molecule has 1 N–H and O–H groups in total. The van der Waals surface area contributed by atoms with Gasteiger partial charge in [0.15, 0.2) is 0 Å². The Kier molecular flexibility index (Phi) is 2.74. The standard InChI is InChI=1S/C12H16ClN3/c13-12-4-3-11(8-15-12)16-9-1-2-10(16)7-14-6-5-9/h3-4,8-10,14H,1-2,5-7H2/t9-,10+/m1/s1. The third-order valence-electron chi connectivity index (χ3n) is 3.66. The Labute approximate surface area is 101 Å². The molecule has 1 aromatic heterocycles. The summed E-state index contributed by atoms with van der Waals surface area (Å²) >= 11 is 5.83. The number of hydrogen-bond acceptors (Lipinski definition) is 3. The molecule has 0 unspecified atom stereocenters. The van der Waals surface area contributed by atoms with E-state index in [0.29, 0.717) is 17.2 Å². The van der Waals surface area contributed by atoms with Crippen LogP contribution in [0.2, 0.25) is 5.15 Å². The molecule has 4 heteroatoms. The number of fused-ring (bicyclic) bond motifs is 2. The van der Waals surface area contributed by atoms with Crippen molar-refractivity contribution in [3.8, 4) is 0 Å². The van der Waals surface area contributed by atoms with E-state index in [1.165, 1.54) is 24.9 Å². The number of rotatable bonds is 1. The number of nitrogens with one attached hydrogen (secondary N) is 1. The van der Waals surface area contributed by atoms with Gasteiger partial charge in [0, 0.05) is 18.6 Å². The van der Waals surface area contributed by atoms with Crippen LogP contribution in [0.1, 0.15) is 19.3 Å². The van der Waals surface area contributed by atoms with Gasteiger partial charge in [0.1, 0.15) is 5.15 Å². The Hall–Kier alpha value is -0.800. The molecule has 3 rings (SSSR count). The molecular weight excluding hydrogens is 222 g/mol. The van der Waals surface area contributed by atoms with Crippen LogP contribution in [0.15, 0.2) is 18.3 Å². The van der Waals surface area contributed by atoms with Crippen LogP contribution in [-0.2, 0) is 0 Å². The molecule has 86 valence electrons. The molecule has 2 fully saturated rings. The van der Waals surface area contributed by atoms with Gasteiger partial charge in [-0.25, -0.2) is 4.98 Å². The van der Waals surface area contributed by atoms with Gasteiger partial charge in [0.25, 0.3) is 0 Å². The molecular formula is C12H16ClN3. The summed E-state index contributed by atoms with van der Waals surface area (Å²) in [5, 5.41) is 4.07. The smallest absolute Gasteiger partial charge is 0.129 e. The molecule has 0 amide bonds. The highest BCUT2D eigenvalue weighted by molar-refractivity contribution is 6.29. The molecule has 3 nitrogen and oxygen atoms in total. The van der Waals surface area contributed by atoms with E-state index < -0.39 is 0 Å². The van der Waals surface area contributed by atoms with Crippen LogP contribution in [0.3, 0.4) is 0 Å². The zero-order valence-electron chi connectivity index (χ0n) is 9.19. The average molecular weight is 238 g/mol. The largest absolute Gasteiger partial charge is 0.363 e. The summed E-state index contributed by atoms with van der Waals surface area (Å²) < 4.78 is 0. The van der Waals surface area contributed by atoms with Gasteiger partial charge in [-0.3, -0.25) is 0 Å². The first-order valence-electron chi connectivity index (χ1n) is 5.95. The van der Waals surface area contributed by atoms with E-state index in [-0.39, 0.29) is 0 Å². The average Bonchev–Trinajstić information content (AvgIpc) is 2.53. The van der Waals surface area contributed by atoms with Crippen molar-refractivity contribution in [2.45, 2.75) is 31.3 Å². The molecule has 2 saturated heterocycles. The van der Waals surface area contributed by atoms with E-state index >= 15 is 0 Å². The lowest BCUT2D eigenvalue weighted by Gasteiger charge is -2.29. The number of hydrogen-bond donors (Lipinski definition) is 1. The third kappa shape index (κ3) is 1.78. The quantitative estimate of drug-likeness (QED) is 0.758.